The van der Waals surface area contributed by atoms with Crippen LogP contribution in [0.2, 0.25) is 16.6 Å². The molecule has 0 spiro atoms. The molecule has 0 aromatic carbocycles. The second kappa shape index (κ2) is 20.4. The minimum atomic E-state index is -1.73. The Balaban J connectivity index is 3.56. The molecule has 1 nitrogen and oxygen atoms in total. The van der Waals surface area contributed by atoms with Crippen molar-refractivity contribution in [2.24, 2.45) is 0 Å². The molecule has 0 atom stereocenters. The lowest BCUT2D eigenvalue weighted by molar-refractivity contribution is 0.414. The van der Waals surface area contributed by atoms with E-state index >= 15 is 0 Å². The molecular weight excluding hydrogens is 392 g/mol. The van der Waals surface area contributed by atoms with Gasteiger partial charge in [0.2, 0.25) is 0 Å². The fraction of sp³-hybridized carbons (Fsp3) is 0.931. The summed E-state index contributed by atoms with van der Waals surface area (Å²) >= 11 is 0. The Labute approximate surface area is 199 Å². The maximum Gasteiger partial charge on any atom is 0.257 e. The Morgan fingerprint density at radius 3 is 1.16 bits per heavy atom. The van der Waals surface area contributed by atoms with E-state index in [1.54, 1.807) is 0 Å². The first-order valence-corrected chi connectivity index (χ1v) is 16.4. The molecule has 0 aromatic heterocycles. The quantitative estimate of drug-likeness (QED) is 0.0901. The van der Waals surface area contributed by atoms with Gasteiger partial charge in [-0.15, -0.1) is 0 Å². The maximum atomic E-state index is 6.50. The molecule has 2 heteroatoms. The molecule has 0 bridgehead atoms. The van der Waals surface area contributed by atoms with Gasteiger partial charge >= 0.3 is 0 Å². The molecule has 0 aromatic rings. The Hall–Kier alpha value is -0.243. The van der Waals surface area contributed by atoms with Crippen molar-refractivity contribution in [3.63, 3.8) is 0 Å². The highest BCUT2D eigenvalue weighted by molar-refractivity contribution is 6.77. The molecule has 0 aliphatic carbocycles. The van der Waals surface area contributed by atoms with Crippen LogP contribution >= 0.6 is 0 Å². The van der Waals surface area contributed by atoms with Crippen molar-refractivity contribution < 1.29 is 4.43 Å². The molecule has 0 unspecified atom stereocenters. The highest BCUT2D eigenvalue weighted by Gasteiger charge is 2.46. The molecule has 0 saturated carbocycles. The summed E-state index contributed by atoms with van der Waals surface area (Å²) < 4.78 is 6.50. The lowest BCUT2D eigenvalue weighted by Gasteiger charge is -2.41. The van der Waals surface area contributed by atoms with Gasteiger partial charge in [-0.3, -0.25) is 0 Å². The molecule has 0 amide bonds. The van der Waals surface area contributed by atoms with Crippen molar-refractivity contribution in [1.29, 1.82) is 0 Å². The van der Waals surface area contributed by atoms with Crippen LogP contribution in [0.5, 0.6) is 0 Å². The van der Waals surface area contributed by atoms with Gasteiger partial charge in [-0.2, -0.15) is 0 Å². The van der Waals surface area contributed by atoms with E-state index in [-0.39, 0.29) is 0 Å². The molecule has 0 aliphatic heterocycles. The average Bonchev–Trinajstić information content (AvgIpc) is 2.71. The lowest BCUT2D eigenvalue weighted by Crippen LogP contribution is -2.46. The fourth-order valence-electron chi connectivity index (χ4n) is 5.45. The van der Waals surface area contributed by atoms with Crippen LogP contribution in [0.15, 0.2) is 12.3 Å². The number of allylic oxidation sites excluding steroid dienone is 1. The maximum absolute atomic E-state index is 6.50. The van der Waals surface area contributed by atoms with Crippen LogP contribution < -0.4 is 0 Å². The smallest absolute Gasteiger partial charge is 0.257 e. The third-order valence-electron chi connectivity index (χ3n) is 7.30. The van der Waals surface area contributed by atoms with Gasteiger partial charge in [-0.25, -0.2) is 0 Å². The van der Waals surface area contributed by atoms with Gasteiger partial charge in [0.25, 0.3) is 8.32 Å². The van der Waals surface area contributed by atoms with E-state index in [0.29, 0.717) is 16.6 Å². The summed E-state index contributed by atoms with van der Waals surface area (Å²) in [6.45, 7) is 16.4. The van der Waals surface area contributed by atoms with Crippen LogP contribution in [0.4, 0.5) is 0 Å². The van der Waals surface area contributed by atoms with Gasteiger partial charge in [-0.05, 0) is 29.5 Å². The molecule has 0 radical (unpaired) electrons. The van der Waals surface area contributed by atoms with Gasteiger partial charge in [-0.1, -0.05) is 151 Å². The van der Waals surface area contributed by atoms with E-state index < -0.39 is 8.32 Å². The summed E-state index contributed by atoms with van der Waals surface area (Å²) in [7, 11) is -1.73. The zero-order valence-corrected chi connectivity index (χ0v) is 23.8. The standard InChI is InChI=1S/C29H60OSi/c1-8-9-10-11-12-13-14-15-16-17-18-19-20-21-22-23-24-25-26-30-31(27(2)3,28(4)5)29(6)7/h25-29H,8-24H2,1-7H3/b26-25+. The Bertz CT molecular complexity index is 378. The highest BCUT2D eigenvalue weighted by Crippen LogP contribution is 2.42. The van der Waals surface area contributed by atoms with E-state index in [1.165, 1.54) is 109 Å². The molecule has 0 fully saturated rings. The van der Waals surface area contributed by atoms with Crippen molar-refractivity contribution in [2.75, 3.05) is 0 Å². The van der Waals surface area contributed by atoms with E-state index in [1.807, 2.05) is 0 Å². The molecule has 0 aliphatic rings. The number of rotatable bonds is 22. The SMILES string of the molecule is CCCCCCCCCCCCCCCCCC/C=C/O[Si](C(C)C)(C(C)C)C(C)C. The minimum absolute atomic E-state index is 0.660. The predicted octanol–water partition coefficient (Wildman–Crippen LogP) is 11.3. The summed E-state index contributed by atoms with van der Waals surface area (Å²) in [6, 6.07) is 0. The van der Waals surface area contributed by atoms with Crippen LogP contribution in [0.3, 0.4) is 0 Å². The second-order valence-corrected chi connectivity index (χ2v) is 16.3. The van der Waals surface area contributed by atoms with Crippen molar-refractivity contribution in [3.05, 3.63) is 12.3 Å². The molecule has 0 N–H and O–H groups in total. The van der Waals surface area contributed by atoms with Gasteiger partial charge in [0, 0.05) is 0 Å². The van der Waals surface area contributed by atoms with E-state index in [9.17, 15) is 0 Å². The van der Waals surface area contributed by atoms with Crippen molar-refractivity contribution in [1.82, 2.24) is 0 Å². The van der Waals surface area contributed by atoms with E-state index in [2.05, 4.69) is 60.8 Å². The van der Waals surface area contributed by atoms with Gasteiger partial charge in [0.15, 0.2) is 0 Å². The largest absolute Gasteiger partial charge is 0.548 e. The molecule has 0 rings (SSSR count). The topological polar surface area (TPSA) is 9.23 Å². The van der Waals surface area contributed by atoms with Crippen molar-refractivity contribution in [3.8, 4) is 0 Å². The Morgan fingerprint density at radius 1 is 0.516 bits per heavy atom. The summed E-state index contributed by atoms with van der Waals surface area (Å²) in [6.07, 6.45) is 28.5. The van der Waals surface area contributed by atoms with Crippen molar-refractivity contribution in [2.45, 2.75) is 174 Å². The minimum Gasteiger partial charge on any atom is -0.548 e. The summed E-state index contributed by atoms with van der Waals surface area (Å²) in [4.78, 5) is 0. The van der Waals surface area contributed by atoms with Crippen LogP contribution in [-0.2, 0) is 4.43 Å². The van der Waals surface area contributed by atoms with E-state index in [0.717, 1.165) is 0 Å². The Morgan fingerprint density at radius 2 is 0.839 bits per heavy atom. The van der Waals surface area contributed by atoms with Gasteiger partial charge in [0.05, 0.1) is 6.26 Å². The monoisotopic (exact) mass is 452 g/mol. The molecular formula is C29H60OSi. The first-order chi connectivity index (χ1) is 14.9. The first-order valence-electron chi connectivity index (χ1n) is 14.2. The number of hydrogen-bond donors (Lipinski definition) is 0. The van der Waals surface area contributed by atoms with Crippen LogP contribution in [0.1, 0.15) is 158 Å². The van der Waals surface area contributed by atoms with Crippen molar-refractivity contribution >= 4 is 8.32 Å². The Kier molecular flexibility index (Phi) is 20.2. The zero-order valence-electron chi connectivity index (χ0n) is 22.8. The fourth-order valence-corrected chi connectivity index (χ4v) is 10.6. The normalized spacial score (nSPS) is 12.7. The third-order valence-corrected chi connectivity index (χ3v) is 13.3. The number of hydrogen-bond acceptors (Lipinski definition) is 1. The summed E-state index contributed by atoms with van der Waals surface area (Å²) in [5.74, 6) is 0. The first kappa shape index (κ1) is 30.8. The van der Waals surface area contributed by atoms with Crippen LogP contribution in [0, 0.1) is 0 Å². The molecule has 186 valence electrons. The summed E-state index contributed by atoms with van der Waals surface area (Å²) in [5, 5.41) is 0. The lowest BCUT2D eigenvalue weighted by atomic mass is 10.0. The zero-order chi connectivity index (χ0) is 23.4. The van der Waals surface area contributed by atoms with E-state index in [4.69, 9.17) is 4.43 Å². The van der Waals surface area contributed by atoms with Crippen LogP contribution in [0.25, 0.3) is 0 Å². The predicted molar refractivity (Wildman–Crippen MR) is 145 cm³/mol. The van der Waals surface area contributed by atoms with Gasteiger partial charge in [0.1, 0.15) is 0 Å². The van der Waals surface area contributed by atoms with Crippen LogP contribution in [-0.4, -0.2) is 8.32 Å². The third kappa shape index (κ3) is 14.5. The molecule has 0 saturated heterocycles. The summed E-state index contributed by atoms with van der Waals surface area (Å²) in [5.41, 5.74) is 1.98. The molecule has 31 heavy (non-hydrogen) atoms. The second-order valence-electron chi connectivity index (χ2n) is 10.9. The average molecular weight is 453 g/mol. The number of unbranched alkanes of at least 4 members (excludes halogenated alkanes) is 16. The molecule has 0 heterocycles. The highest BCUT2D eigenvalue weighted by atomic mass is 28.4. The van der Waals surface area contributed by atoms with Gasteiger partial charge < -0.3 is 4.43 Å².